The molecule has 0 saturated heterocycles. The van der Waals surface area contributed by atoms with E-state index in [1.54, 1.807) is 24.1 Å². The molecule has 0 aliphatic carbocycles. The van der Waals surface area contributed by atoms with Crippen molar-refractivity contribution in [3.05, 3.63) is 70.0 Å². The molecule has 2 aromatic carbocycles. The number of benzene rings is 2. The van der Waals surface area contributed by atoms with Gasteiger partial charge in [0.1, 0.15) is 5.75 Å². The molecule has 1 aromatic heterocycles. The highest BCUT2D eigenvalue weighted by atomic mass is 16.5. The zero-order valence-corrected chi connectivity index (χ0v) is 12.5. The Morgan fingerprint density at radius 2 is 1.91 bits per heavy atom. The number of aromatic amines is 1. The van der Waals surface area contributed by atoms with E-state index in [0.29, 0.717) is 28.1 Å². The van der Waals surface area contributed by atoms with Gasteiger partial charge in [0.15, 0.2) is 0 Å². The third-order valence-corrected chi connectivity index (χ3v) is 4.16. The lowest BCUT2D eigenvalue weighted by molar-refractivity contribution is 0.0998. The van der Waals surface area contributed by atoms with Crippen LogP contribution in [0.25, 0.3) is 10.9 Å². The Hall–Kier alpha value is -3.08. The molecular formula is C18H14N2O3. The van der Waals surface area contributed by atoms with Gasteiger partial charge in [0.25, 0.3) is 11.5 Å². The molecule has 0 bridgehead atoms. The van der Waals surface area contributed by atoms with Crippen molar-refractivity contribution in [1.29, 1.82) is 0 Å². The average Bonchev–Trinajstić information content (AvgIpc) is 2.94. The highest BCUT2D eigenvalue weighted by Crippen LogP contribution is 2.31. The van der Waals surface area contributed by atoms with Crippen molar-refractivity contribution in [3.63, 3.8) is 0 Å². The molecule has 1 amide bonds. The number of fused-ring (bicyclic) bond motifs is 3. The Morgan fingerprint density at radius 1 is 1.09 bits per heavy atom. The minimum Gasteiger partial charge on any atom is -0.497 e. The van der Waals surface area contributed by atoms with Crippen LogP contribution in [0.15, 0.2) is 53.3 Å². The molecule has 1 aliphatic heterocycles. The van der Waals surface area contributed by atoms with Gasteiger partial charge in [0, 0.05) is 22.7 Å². The number of para-hydroxylation sites is 1. The third-order valence-electron chi connectivity index (χ3n) is 4.16. The molecule has 114 valence electrons. The number of aromatic nitrogens is 1. The van der Waals surface area contributed by atoms with Gasteiger partial charge in [0.05, 0.1) is 24.8 Å². The quantitative estimate of drug-likeness (QED) is 0.792. The van der Waals surface area contributed by atoms with E-state index in [1.165, 1.54) is 0 Å². The third kappa shape index (κ3) is 2.01. The smallest absolute Gasteiger partial charge is 0.259 e. The summed E-state index contributed by atoms with van der Waals surface area (Å²) in [4.78, 5) is 29.7. The Bertz CT molecular complexity index is 991. The minimum absolute atomic E-state index is 0.157. The fraction of sp³-hybridized carbons (Fsp3) is 0.111. The van der Waals surface area contributed by atoms with E-state index in [9.17, 15) is 9.59 Å². The minimum atomic E-state index is -0.211. The SMILES string of the molecule is COc1cccc(N2Cc3c(c4ccccc4[nH]c3=O)C2=O)c1. The van der Waals surface area contributed by atoms with E-state index in [-0.39, 0.29) is 18.0 Å². The second-order valence-electron chi connectivity index (χ2n) is 5.45. The van der Waals surface area contributed by atoms with Gasteiger partial charge in [0.2, 0.25) is 0 Å². The molecule has 1 aliphatic rings. The van der Waals surface area contributed by atoms with Crippen LogP contribution in [0, 0.1) is 0 Å². The number of nitrogens with one attached hydrogen (secondary N) is 1. The lowest BCUT2D eigenvalue weighted by atomic mass is 10.1. The van der Waals surface area contributed by atoms with Gasteiger partial charge in [-0.25, -0.2) is 0 Å². The Kier molecular flexibility index (Phi) is 2.94. The number of hydrogen-bond donors (Lipinski definition) is 1. The summed E-state index contributed by atoms with van der Waals surface area (Å²) in [6.07, 6.45) is 0. The summed E-state index contributed by atoms with van der Waals surface area (Å²) in [6.45, 7) is 0.265. The molecule has 0 spiro atoms. The number of methoxy groups -OCH3 is 1. The summed E-state index contributed by atoms with van der Waals surface area (Å²) in [7, 11) is 1.58. The molecule has 3 aromatic rings. The zero-order valence-electron chi connectivity index (χ0n) is 12.5. The molecular weight excluding hydrogens is 292 g/mol. The molecule has 0 fully saturated rings. The summed E-state index contributed by atoms with van der Waals surface area (Å²) in [5.74, 6) is 0.514. The molecule has 2 heterocycles. The van der Waals surface area contributed by atoms with Gasteiger partial charge in [-0.3, -0.25) is 9.59 Å². The van der Waals surface area contributed by atoms with Crippen molar-refractivity contribution in [2.45, 2.75) is 6.54 Å². The number of hydrogen-bond acceptors (Lipinski definition) is 3. The second-order valence-corrected chi connectivity index (χ2v) is 5.45. The Morgan fingerprint density at radius 3 is 2.74 bits per heavy atom. The predicted octanol–water partition coefficient (Wildman–Crippen LogP) is 2.70. The first kappa shape index (κ1) is 13.6. The van der Waals surface area contributed by atoms with Crippen molar-refractivity contribution >= 4 is 22.5 Å². The second kappa shape index (κ2) is 4.98. The van der Waals surface area contributed by atoms with Crippen molar-refractivity contribution in [2.24, 2.45) is 0 Å². The van der Waals surface area contributed by atoms with Gasteiger partial charge >= 0.3 is 0 Å². The number of nitrogens with zero attached hydrogens (tertiary/aromatic N) is 1. The zero-order chi connectivity index (χ0) is 16.0. The maximum atomic E-state index is 12.9. The molecule has 23 heavy (non-hydrogen) atoms. The van der Waals surface area contributed by atoms with Crippen LogP contribution in [0.1, 0.15) is 15.9 Å². The van der Waals surface area contributed by atoms with Crippen LogP contribution in [0.3, 0.4) is 0 Å². The lowest BCUT2D eigenvalue weighted by Crippen LogP contribution is -2.23. The highest BCUT2D eigenvalue weighted by molar-refractivity contribution is 6.17. The van der Waals surface area contributed by atoms with E-state index >= 15 is 0 Å². The molecule has 4 rings (SSSR count). The fourth-order valence-electron chi connectivity index (χ4n) is 3.03. The predicted molar refractivity (Wildman–Crippen MR) is 88.1 cm³/mol. The number of carbonyl (C=O) groups excluding carboxylic acids is 1. The Labute approximate surface area is 132 Å². The van der Waals surface area contributed by atoms with Crippen LogP contribution in [0.5, 0.6) is 5.75 Å². The van der Waals surface area contributed by atoms with Crippen LogP contribution >= 0.6 is 0 Å². The number of H-pyrrole nitrogens is 1. The van der Waals surface area contributed by atoms with Gasteiger partial charge in [-0.1, -0.05) is 24.3 Å². The van der Waals surface area contributed by atoms with Gasteiger partial charge in [-0.2, -0.15) is 0 Å². The van der Waals surface area contributed by atoms with Crippen molar-refractivity contribution in [3.8, 4) is 5.75 Å². The number of ether oxygens (including phenoxy) is 1. The van der Waals surface area contributed by atoms with Crippen molar-refractivity contribution in [2.75, 3.05) is 12.0 Å². The number of pyridine rings is 1. The normalized spacial score (nSPS) is 13.4. The van der Waals surface area contributed by atoms with E-state index in [2.05, 4.69) is 4.98 Å². The summed E-state index contributed by atoms with van der Waals surface area (Å²) in [5, 5.41) is 0.775. The van der Waals surface area contributed by atoms with Crippen LogP contribution in [0.2, 0.25) is 0 Å². The topological polar surface area (TPSA) is 62.4 Å². The maximum Gasteiger partial charge on any atom is 0.259 e. The lowest BCUT2D eigenvalue weighted by Gasteiger charge is -2.16. The molecule has 1 N–H and O–H groups in total. The molecule has 0 atom stereocenters. The van der Waals surface area contributed by atoms with E-state index in [4.69, 9.17) is 4.74 Å². The first-order valence-corrected chi connectivity index (χ1v) is 7.29. The van der Waals surface area contributed by atoms with Gasteiger partial charge in [-0.15, -0.1) is 0 Å². The van der Waals surface area contributed by atoms with Crippen LogP contribution < -0.4 is 15.2 Å². The average molecular weight is 306 g/mol. The number of anilines is 1. The summed E-state index contributed by atoms with van der Waals surface area (Å²) < 4.78 is 5.21. The molecule has 5 nitrogen and oxygen atoms in total. The van der Waals surface area contributed by atoms with Crippen molar-refractivity contribution in [1.82, 2.24) is 4.98 Å². The standard InChI is InChI=1S/C18H14N2O3/c1-23-12-6-4-5-11(9-12)20-10-14-16(18(20)22)13-7-2-3-8-15(13)19-17(14)21/h2-9H,10H2,1H3,(H,19,21). The van der Waals surface area contributed by atoms with Crippen molar-refractivity contribution < 1.29 is 9.53 Å². The fourth-order valence-corrected chi connectivity index (χ4v) is 3.03. The maximum absolute atomic E-state index is 12.9. The number of carbonyl (C=O) groups is 1. The first-order chi connectivity index (χ1) is 11.2. The van der Waals surface area contributed by atoms with Gasteiger partial charge < -0.3 is 14.6 Å². The van der Waals surface area contributed by atoms with E-state index in [1.807, 2.05) is 36.4 Å². The highest BCUT2D eigenvalue weighted by Gasteiger charge is 2.32. The summed E-state index contributed by atoms with van der Waals surface area (Å²) >= 11 is 0. The van der Waals surface area contributed by atoms with Crippen LogP contribution in [-0.2, 0) is 6.54 Å². The van der Waals surface area contributed by atoms with Crippen LogP contribution in [-0.4, -0.2) is 18.0 Å². The van der Waals surface area contributed by atoms with Gasteiger partial charge in [-0.05, 0) is 18.2 Å². The van der Waals surface area contributed by atoms with E-state index in [0.717, 1.165) is 5.39 Å². The first-order valence-electron chi connectivity index (χ1n) is 7.29. The van der Waals surface area contributed by atoms with Crippen LogP contribution in [0.4, 0.5) is 5.69 Å². The molecule has 0 unspecified atom stereocenters. The summed E-state index contributed by atoms with van der Waals surface area (Å²) in [5.41, 5.74) is 2.19. The largest absolute Gasteiger partial charge is 0.497 e. The molecule has 5 heteroatoms. The molecule has 0 radical (unpaired) electrons. The molecule has 0 saturated carbocycles. The number of amides is 1. The number of rotatable bonds is 2. The van der Waals surface area contributed by atoms with E-state index < -0.39 is 0 Å². The summed E-state index contributed by atoms with van der Waals surface area (Å²) in [6, 6.07) is 14.6. The monoisotopic (exact) mass is 306 g/mol. The Balaban J connectivity index is 1.89.